The number of rotatable bonds is 13. The van der Waals surface area contributed by atoms with Crippen molar-refractivity contribution >= 4 is 34.0 Å². The number of aromatic amines is 1. The molecule has 2 aromatic heterocycles. The van der Waals surface area contributed by atoms with Gasteiger partial charge in [-0.3, -0.25) is 3.97 Å². The van der Waals surface area contributed by atoms with Crippen LogP contribution in [-0.4, -0.2) is 24.7 Å². The highest BCUT2D eigenvalue weighted by atomic mass is 32.2. The number of aromatic nitrogens is 4. The van der Waals surface area contributed by atoms with E-state index in [-0.39, 0.29) is 0 Å². The van der Waals surface area contributed by atoms with E-state index in [0.717, 1.165) is 28.8 Å². The van der Waals surface area contributed by atoms with Gasteiger partial charge in [0.05, 0.1) is 22.1 Å². The number of imidazole rings is 2. The molecule has 0 saturated carbocycles. The third-order valence-corrected chi connectivity index (χ3v) is 6.69. The van der Waals surface area contributed by atoms with Crippen molar-refractivity contribution in [2.75, 3.05) is 5.75 Å². The number of H-pyrrole nitrogens is 1. The summed E-state index contributed by atoms with van der Waals surface area (Å²) in [4.78, 5) is 12.5. The van der Waals surface area contributed by atoms with Crippen LogP contribution >= 0.6 is 11.9 Å². The van der Waals surface area contributed by atoms with Crippen LogP contribution in [0, 0.1) is 0 Å². The minimum atomic E-state index is 1.07. The first-order valence-corrected chi connectivity index (χ1v) is 12.3. The summed E-state index contributed by atoms with van der Waals surface area (Å²) in [7, 11) is 0. The zero-order valence-corrected chi connectivity index (χ0v) is 18.5. The second-order valence-electron chi connectivity index (χ2n) is 8.02. The summed E-state index contributed by atoms with van der Waals surface area (Å²) in [6.45, 7) is 0. The molecule has 0 bridgehead atoms. The Hall–Kier alpha value is -2.27. The number of nitrogens with zero attached hydrogens (tertiary/aromatic N) is 3. The molecular formula is C25H32N4S. The maximum absolute atomic E-state index is 4.66. The number of unbranched alkanes of at least 4 members (excludes halogenated alkanes) is 8. The quantitative estimate of drug-likeness (QED) is 0.233. The summed E-state index contributed by atoms with van der Waals surface area (Å²) in [6, 6.07) is 16.6. The number of aryl methyl sites for hydroxylation is 1. The molecule has 0 saturated heterocycles. The maximum Gasteiger partial charge on any atom is 0.107 e. The summed E-state index contributed by atoms with van der Waals surface area (Å²) < 4.78 is 2.21. The lowest BCUT2D eigenvalue weighted by Crippen LogP contribution is -1.89. The Morgan fingerprint density at radius 1 is 0.733 bits per heavy atom. The van der Waals surface area contributed by atoms with Gasteiger partial charge in [-0.2, -0.15) is 0 Å². The highest BCUT2D eigenvalue weighted by Crippen LogP contribution is 2.20. The number of benzene rings is 2. The predicted molar refractivity (Wildman–Crippen MR) is 129 cm³/mol. The average Bonchev–Trinajstić information content (AvgIpc) is 3.38. The molecule has 1 N–H and O–H groups in total. The van der Waals surface area contributed by atoms with E-state index in [2.05, 4.69) is 55.3 Å². The predicted octanol–water partition coefficient (Wildman–Crippen LogP) is 7.16. The van der Waals surface area contributed by atoms with Gasteiger partial charge in [0.25, 0.3) is 0 Å². The highest BCUT2D eigenvalue weighted by molar-refractivity contribution is 7.97. The van der Waals surface area contributed by atoms with Gasteiger partial charge < -0.3 is 4.98 Å². The van der Waals surface area contributed by atoms with Gasteiger partial charge in [0, 0.05) is 12.2 Å². The largest absolute Gasteiger partial charge is 0.342 e. The topological polar surface area (TPSA) is 46.5 Å². The lowest BCUT2D eigenvalue weighted by atomic mass is 10.1. The van der Waals surface area contributed by atoms with Crippen molar-refractivity contribution in [1.29, 1.82) is 0 Å². The molecule has 0 unspecified atom stereocenters. The van der Waals surface area contributed by atoms with Crippen LogP contribution in [0.1, 0.15) is 63.6 Å². The minimum absolute atomic E-state index is 1.07. The van der Waals surface area contributed by atoms with Crippen LogP contribution in [0.3, 0.4) is 0 Å². The Labute approximate surface area is 183 Å². The number of fused-ring (bicyclic) bond motifs is 2. The van der Waals surface area contributed by atoms with Gasteiger partial charge in [0.2, 0.25) is 0 Å². The van der Waals surface area contributed by atoms with Crippen molar-refractivity contribution in [2.24, 2.45) is 0 Å². The molecule has 4 rings (SSSR count). The third kappa shape index (κ3) is 5.88. The second-order valence-corrected chi connectivity index (χ2v) is 9.08. The normalized spacial score (nSPS) is 11.6. The molecule has 4 aromatic rings. The average molecular weight is 421 g/mol. The Balaban J connectivity index is 0.982. The summed E-state index contributed by atoms with van der Waals surface area (Å²) >= 11 is 1.88. The molecule has 4 nitrogen and oxygen atoms in total. The monoisotopic (exact) mass is 420 g/mol. The first-order chi connectivity index (χ1) is 14.9. The summed E-state index contributed by atoms with van der Waals surface area (Å²) in [6.07, 6.45) is 15.0. The number of hydrogen-bond acceptors (Lipinski definition) is 3. The van der Waals surface area contributed by atoms with Gasteiger partial charge in [-0.05, 0) is 49.1 Å². The molecule has 30 heavy (non-hydrogen) atoms. The van der Waals surface area contributed by atoms with E-state index in [9.17, 15) is 0 Å². The van der Waals surface area contributed by atoms with E-state index >= 15 is 0 Å². The molecule has 0 aliphatic carbocycles. The lowest BCUT2D eigenvalue weighted by Gasteiger charge is -2.04. The molecule has 0 amide bonds. The first-order valence-electron chi connectivity index (χ1n) is 11.4. The van der Waals surface area contributed by atoms with Crippen molar-refractivity contribution < 1.29 is 0 Å². The first kappa shape index (κ1) is 21.0. The van der Waals surface area contributed by atoms with Crippen LogP contribution in [0.2, 0.25) is 0 Å². The number of hydrogen-bond donors (Lipinski definition) is 1. The smallest absolute Gasteiger partial charge is 0.107 e. The number of para-hydroxylation sites is 4. The SMILES string of the molecule is c1ccc2[nH]c(CCCCCCCCCCCSn3cnc4ccccc43)nc2c1. The number of nitrogens with one attached hydrogen (secondary N) is 1. The summed E-state index contributed by atoms with van der Waals surface area (Å²) in [5.41, 5.74) is 4.55. The Kier molecular flexibility index (Phi) is 7.84. The van der Waals surface area contributed by atoms with Crippen LogP contribution in [-0.2, 0) is 6.42 Å². The van der Waals surface area contributed by atoms with E-state index in [1.165, 1.54) is 69.1 Å². The molecule has 0 radical (unpaired) electrons. The standard InChI is InChI=1S/C25H32N4S/c1(2-4-6-8-18-25-27-21-14-9-10-15-22(21)28-25)3-5-7-13-19-30-29-20-26-23-16-11-12-17-24(23)29/h9-12,14-17,20H,1-8,13,18-19H2,(H,27,28). The Bertz CT molecular complexity index is 1000. The Morgan fingerprint density at radius 2 is 1.40 bits per heavy atom. The molecule has 0 atom stereocenters. The fourth-order valence-electron chi connectivity index (χ4n) is 3.96. The van der Waals surface area contributed by atoms with E-state index in [1.54, 1.807) is 0 Å². The van der Waals surface area contributed by atoms with Crippen molar-refractivity contribution in [1.82, 2.24) is 18.9 Å². The van der Waals surface area contributed by atoms with Gasteiger partial charge in [-0.15, -0.1) is 0 Å². The van der Waals surface area contributed by atoms with E-state index < -0.39 is 0 Å². The molecular weight excluding hydrogens is 388 g/mol. The van der Waals surface area contributed by atoms with Crippen molar-refractivity contribution in [2.45, 2.75) is 64.2 Å². The van der Waals surface area contributed by atoms with Crippen LogP contribution in [0.4, 0.5) is 0 Å². The molecule has 0 spiro atoms. The zero-order chi connectivity index (χ0) is 20.4. The Morgan fingerprint density at radius 3 is 2.20 bits per heavy atom. The molecule has 158 valence electrons. The summed E-state index contributed by atoms with van der Waals surface area (Å²) in [5, 5.41) is 0. The van der Waals surface area contributed by atoms with Gasteiger partial charge >= 0.3 is 0 Å². The van der Waals surface area contributed by atoms with E-state index in [1.807, 2.05) is 30.4 Å². The van der Waals surface area contributed by atoms with Crippen LogP contribution < -0.4 is 0 Å². The lowest BCUT2D eigenvalue weighted by molar-refractivity contribution is 0.563. The van der Waals surface area contributed by atoms with Crippen LogP contribution in [0.25, 0.3) is 22.1 Å². The summed E-state index contributed by atoms with van der Waals surface area (Å²) in [5.74, 6) is 2.31. The van der Waals surface area contributed by atoms with Crippen molar-refractivity contribution in [3.63, 3.8) is 0 Å². The van der Waals surface area contributed by atoms with Gasteiger partial charge in [-0.1, -0.05) is 69.2 Å². The molecule has 2 aromatic carbocycles. The molecule has 0 aliphatic heterocycles. The maximum atomic E-state index is 4.66. The van der Waals surface area contributed by atoms with Crippen LogP contribution in [0.15, 0.2) is 54.9 Å². The van der Waals surface area contributed by atoms with Gasteiger partial charge in [0.15, 0.2) is 0 Å². The van der Waals surface area contributed by atoms with E-state index in [4.69, 9.17) is 0 Å². The van der Waals surface area contributed by atoms with Crippen molar-refractivity contribution in [3.05, 3.63) is 60.7 Å². The molecule has 5 heteroatoms. The fraction of sp³-hybridized carbons (Fsp3) is 0.440. The zero-order valence-electron chi connectivity index (χ0n) is 17.7. The van der Waals surface area contributed by atoms with Gasteiger partial charge in [-0.25, -0.2) is 9.97 Å². The molecule has 0 aliphatic rings. The second kappa shape index (κ2) is 11.2. The molecule has 2 heterocycles. The van der Waals surface area contributed by atoms with E-state index in [0.29, 0.717) is 0 Å². The molecule has 0 fully saturated rings. The van der Waals surface area contributed by atoms with Crippen molar-refractivity contribution in [3.8, 4) is 0 Å². The van der Waals surface area contributed by atoms with Gasteiger partial charge in [0.1, 0.15) is 12.2 Å². The minimum Gasteiger partial charge on any atom is -0.342 e. The van der Waals surface area contributed by atoms with Crippen LogP contribution in [0.5, 0.6) is 0 Å². The highest BCUT2D eigenvalue weighted by Gasteiger charge is 2.03. The fourth-order valence-corrected chi connectivity index (χ4v) is 4.90. The third-order valence-electron chi connectivity index (χ3n) is 5.65.